The van der Waals surface area contributed by atoms with Gasteiger partial charge in [-0.05, 0) is 49.6 Å². The number of hydrogen-bond donors (Lipinski definition) is 1. The largest absolute Gasteiger partial charge is 0.494 e. The van der Waals surface area contributed by atoms with E-state index in [2.05, 4.69) is 22.1 Å². The normalized spacial score (nSPS) is 18.8. The second kappa shape index (κ2) is 9.64. The Bertz CT molecular complexity index is 1440. The van der Waals surface area contributed by atoms with Gasteiger partial charge < -0.3 is 24.3 Å². The van der Waals surface area contributed by atoms with Crippen LogP contribution in [0.4, 0.5) is 21.8 Å². The summed E-state index contributed by atoms with van der Waals surface area (Å²) >= 11 is 6.00. The van der Waals surface area contributed by atoms with Crippen molar-refractivity contribution in [3.63, 3.8) is 0 Å². The molecule has 1 fully saturated rings. The van der Waals surface area contributed by atoms with Crippen molar-refractivity contribution in [2.24, 2.45) is 0 Å². The fourth-order valence-electron chi connectivity index (χ4n) is 5.05. The molecule has 2 aliphatic rings. The summed E-state index contributed by atoms with van der Waals surface area (Å²) < 4.78 is 27.2. The van der Waals surface area contributed by atoms with Crippen LogP contribution in [0.15, 0.2) is 55.0 Å². The first-order valence-corrected chi connectivity index (χ1v) is 12.6. The van der Waals surface area contributed by atoms with Crippen LogP contribution in [0.25, 0.3) is 5.69 Å². The Labute approximate surface area is 219 Å². The third-order valence-electron chi connectivity index (χ3n) is 6.92. The summed E-state index contributed by atoms with van der Waals surface area (Å²) in [5.74, 6) is 1.71. The van der Waals surface area contributed by atoms with Gasteiger partial charge in [-0.25, -0.2) is 14.4 Å². The fourth-order valence-corrected chi connectivity index (χ4v) is 5.20. The van der Waals surface area contributed by atoms with Gasteiger partial charge in [-0.3, -0.25) is 0 Å². The first-order chi connectivity index (χ1) is 18.0. The number of halogens is 2. The Hall–Kier alpha value is -3.69. The van der Waals surface area contributed by atoms with E-state index in [0.29, 0.717) is 29.5 Å². The van der Waals surface area contributed by atoms with E-state index in [0.717, 1.165) is 53.4 Å². The highest BCUT2D eigenvalue weighted by atomic mass is 35.5. The molecule has 2 aliphatic heterocycles. The predicted octanol–water partition coefficient (Wildman–Crippen LogP) is 5.82. The molecule has 37 heavy (non-hydrogen) atoms. The number of methoxy groups -OCH3 is 1. The Morgan fingerprint density at radius 2 is 2.00 bits per heavy atom. The monoisotopic (exact) mass is 520 g/mol. The molecule has 0 saturated carbocycles. The molecule has 0 amide bonds. The van der Waals surface area contributed by atoms with Crippen LogP contribution in [-0.2, 0) is 11.3 Å². The summed E-state index contributed by atoms with van der Waals surface area (Å²) in [7, 11) is 1.62. The van der Waals surface area contributed by atoms with Crippen LogP contribution in [0.3, 0.4) is 0 Å². The third kappa shape index (κ3) is 4.49. The number of rotatable bonds is 6. The minimum Gasteiger partial charge on any atom is -0.494 e. The predicted molar refractivity (Wildman–Crippen MR) is 140 cm³/mol. The molecule has 0 bridgehead atoms. The molecule has 2 atom stereocenters. The van der Waals surface area contributed by atoms with Gasteiger partial charge in [0.25, 0.3) is 0 Å². The minimum absolute atomic E-state index is 0.283. The van der Waals surface area contributed by atoms with E-state index >= 15 is 0 Å². The average molecular weight is 521 g/mol. The Balaban J connectivity index is 1.39. The molecule has 1 unspecified atom stereocenters. The maximum Gasteiger partial charge on any atom is 0.229 e. The van der Waals surface area contributed by atoms with Crippen LogP contribution in [-0.4, -0.2) is 39.2 Å². The average Bonchev–Trinajstić information content (AvgIpc) is 3.64. The number of benzene rings is 2. The molecule has 8 nitrogen and oxygen atoms in total. The van der Waals surface area contributed by atoms with E-state index in [-0.39, 0.29) is 5.82 Å². The van der Waals surface area contributed by atoms with Crippen molar-refractivity contribution in [2.75, 3.05) is 23.9 Å². The lowest BCUT2D eigenvalue weighted by Crippen LogP contribution is -2.29. The van der Waals surface area contributed by atoms with Crippen molar-refractivity contribution < 1.29 is 13.9 Å². The maximum absolute atomic E-state index is 13.6. The van der Waals surface area contributed by atoms with Crippen LogP contribution in [0.2, 0.25) is 5.15 Å². The molecule has 0 spiro atoms. The molecule has 4 heterocycles. The van der Waals surface area contributed by atoms with Gasteiger partial charge in [0.1, 0.15) is 35.0 Å². The summed E-state index contributed by atoms with van der Waals surface area (Å²) in [6.45, 7) is 3.56. The molecule has 1 N–H and O–H groups in total. The van der Waals surface area contributed by atoms with Crippen molar-refractivity contribution in [3.8, 4) is 11.4 Å². The molecular weight excluding hydrogens is 495 g/mol. The van der Waals surface area contributed by atoms with Gasteiger partial charge in [0.15, 0.2) is 0 Å². The lowest BCUT2D eigenvalue weighted by Gasteiger charge is -2.25. The summed E-state index contributed by atoms with van der Waals surface area (Å²) in [5, 5.41) is 3.76. The molecule has 0 radical (unpaired) electrons. The molecule has 1 saturated heterocycles. The molecule has 0 aliphatic carbocycles. The van der Waals surface area contributed by atoms with Crippen LogP contribution in [0, 0.1) is 5.82 Å². The van der Waals surface area contributed by atoms with Gasteiger partial charge >= 0.3 is 0 Å². The minimum atomic E-state index is -0.390. The highest BCUT2D eigenvalue weighted by Crippen LogP contribution is 2.41. The van der Waals surface area contributed by atoms with E-state index < -0.39 is 6.10 Å². The molecule has 10 heteroatoms. The summed E-state index contributed by atoms with van der Waals surface area (Å²) in [4.78, 5) is 16.2. The van der Waals surface area contributed by atoms with E-state index in [4.69, 9.17) is 31.0 Å². The van der Waals surface area contributed by atoms with Crippen molar-refractivity contribution in [1.82, 2.24) is 19.5 Å². The molecule has 190 valence electrons. The highest BCUT2D eigenvalue weighted by molar-refractivity contribution is 6.29. The fraction of sp³-hybridized carbons (Fsp3) is 0.296. The summed E-state index contributed by atoms with van der Waals surface area (Å²) in [6, 6.07) is 12.5. The number of anilines is 3. The molecule has 6 rings (SSSR count). The summed E-state index contributed by atoms with van der Waals surface area (Å²) in [5.41, 5.74) is 4.21. The Morgan fingerprint density at radius 1 is 1.16 bits per heavy atom. The maximum atomic E-state index is 13.6. The topological polar surface area (TPSA) is 77.3 Å². The van der Waals surface area contributed by atoms with Crippen LogP contribution in [0.1, 0.15) is 42.7 Å². The van der Waals surface area contributed by atoms with Gasteiger partial charge in [0.2, 0.25) is 5.95 Å². The SMILES string of the molecule is COc1cc(Nc2nc3c(c(N4CCC[C@@H]4C)n2)COC3c2ccc(F)cc2)ccc1-n1cnc(Cl)c1. The molecule has 4 aromatic rings. The van der Waals surface area contributed by atoms with Crippen molar-refractivity contribution in [2.45, 2.75) is 38.5 Å². The number of hydrogen-bond acceptors (Lipinski definition) is 7. The van der Waals surface area contributed by atoms with Crippen molar-refractivity contribution in [1.29, 1.82) is 0 Å². The van der Waals surface area contributed by atoms with Crippen LogP contribution in [0.5, 0.6) is 5.75 Å². The number of nitrogens with one attached hydrogen (secondary N) is 1. The summed E-state index contributed by atoms with van der Waals surface area (Å²) in [6.07, 6.45) is 5.19. The number of imidazole rings is 1. The number of aromatic nitrogens is 4. The van der Waals surface area contributed by atoms with Crippen LogP contribution >= 0.6 is 11.6 Å². The van der Waals surface area contributed by atoms with Crippen LogP contribution < -0.4 is 15.0 Å². The van der Waals surface area contributed by atoms with E-state index in [9.17, 15) is 4.39 Å². The number of fused-ring (bicyclic) bond motifs is 1. The van der Waals surface area contributed by atoms with E-state index in [1.54, 1.807) is 36.3 Å². The van der Waals surface area contributed by atoms with E-state index in [1.165, 1.54) is 12.1 Å². The number of ether oxygens (including phenoxy) is 2. The van der Waals surface area contributed by atoms with Crippen molar-refractivity contribution >= 4 is 29.1 Å². The molecule has 2 aromatic heterocycles. The quantitative estimate of drug-likeness (QED) is 0.343. The second-order valence-electron chi connectivity index (χ2n) is 9.28. The van der Waals surface area contributed by atoms with Gasteiger partial charge in [0, 0.05) is 36.1 Å². The second-order valence-corrected chi connectivity index (χ2v) is 9.66. The first-order valence-electron chi connectivity index (χ1n) is 12.2. The van der Waals surface area contributed by atoms with Gasteiger partial charge in [-0.15, -0.1) is 0 Å². The Morgan fingerprint density at radius 3 is 2.70 bits per heavy atom. The lowest BCUT2D eigenvalue weighted by molar-refractivity contribution is 0.0923. The number of nitrogens with zero attached hydrogens (tertiary/aromatic N) is 5. The Kier molecular flexibility index (Phi) is 6.18. The standard InChI is InChI=1S/C27H26ClFN6O2/c1-16-4-3-11-35(16)26-20-14-37-25(17-5-7-18(29)8-6-17)24(20)32-27(33-26)31-19-9-10-21(22(12-19)36-2)34-13-23(28)30-15-34/h5-10,12-13,15-16,25H,3-4,11,14H2,1-2H3,(H,31,32,33)/t16-,25?/m0/s1. The zero-order valence-electron chi connectivity index (χ0n) is 20.5. The molecule has 2 aromatic carbocycles. The van der Waals surface area contributed by atoms with Gasteiger partial charge in [0.05, 0.1) is 25.1 Å². The van der Waals surface area contributed by atoms with E-state index in [1.807, 2.05) is 18.2 Å². The van der Waals surface area contributed by atoms with Gasteiger partial charge in [-0.2, -0.15) is 4.98 Å². The zero-order chi connectivity index (χ0) is 25.5. The van der Waals surface area contributed by atoms with Crippen molar-refractivity contribution in [3.05, 3.63) is 82.8 Å². The third-order valence-corrected chi connectivity index (χ3v) is 7.12. The zero-order valence-corrected chi connectivity index (χ0v) is 21.2. The molecular formula is C27H26ClFN6O2. The van der Waals surface area contributed by atoms with Gasteiger partial charge in [-0.1, -0.05) is 23.7 Å². The first kappa shape index (κ1) is 23.7. The highest BCUT2D eigenvalue weighted by Gasteiger charge is 2.34. The lowest BCUT2D eigenvalue weighted by atomic mass is 10.0. The smallest absolute Gasteiger partial charge is 0.229 e.